The maximum Gasteiger partial charge on any atom is 0.268 e. The summed E-state index contributed by atoms with van der Waals surface area (Å²) in [5.74, 6) is -0.194. The summed E-state index contributed by atoms with van der Waals surface area (Å²) in [6.07, 6.45) is -0.679. The maximum atomic E-state index is 12.3. The number of aromatic amines is 1. The van der Waals surface area contributed by atoms with Crippen LogP contribution >= 0.6 is 11.3 Å². The molecule has 0 aliphatic rings. The molecule has 0 aliphatic carbocycles. The van der Waals surface area contributed by atoms with E-state index in [2.05, 4.69) is 16.4 Å². The Hall–Kier alpha value is -2.11. The Bertz CT molecular complexity index is 806. The van der Waals surface area contributed by atoms with E-state index in [4.69, 9.17) is 0 Å². The van der Waals surface area contributed by atoms with E-state index in [9.17, 15) is 9.90 Å². The van der Waals surface area contributed by atoms with Crippen LogP contribution in [0.4, 0.5) is 0 Å². The third-order valence-corrected chi connectivity index (χ3v) is 4.53. The molecule has 114 valence electrons. The third-order valence-electron chi connectivity index (χ3n) is 3.82. The number of H-pyrrole nitrogens is 1. The number of thiophene rings is 1. The Morgan fingerprint density at radius 2 is 2.18 bits per heavy atom. The van der Waals surface area contributed by atoms with E-state index < -0.39 is 6.10 Å². The zero-order valence-electron chi connectivity index (χ0n) is 12.5. The van der Waals surface area contributed by atoms with E-state index in [1.54, 1.807) is 0 Å². The Morgan fingerprint density at radius 1 is 1.36 bits per heavy atom. The van der Waals surface area contributed by atoms with Gasteiger partial charge in [0.1, 0.15) is 5.69 Å². The van der Waals surface area contributed by atoms with Gasteiger partial charge in [0.05, 0.1) is 6.10 Å². The molecule has 22 heavy (non-hydrogen) atoms. The normalized spacial score (nSPS) is 12.5. The first kappa shape index (κ1) is 14.8. The predicted molar refractivity (Wildman–Crippen MR) is 89.4 cm³/mol. The van der Waals surface area contributed by atoms with Crippen molar-refractivity contribution in [1.82, 2.24) is 10.3 Å². The fourth-order valence-corrected chi connectivity index (χ4v) is 3.23. The molecule has 0 saturated heterocycles. The molecule has 1 aromatic carbocycles. The molecule has 0 fully saturated rings. The number of hydrogen-bond donors (Lipinski definition) is 3. The number of aliphatic hydroxyl groups excluding tert-OH is 1. The van der Waals surface area contributed by atoms with E-state index in [1.165, 1.54) is 11.3 Å². The molecule has 0 spiro atoms. The molecule has 3 N–H and O–H groups in total. The van der Waals surface area contributed by atoms with Crippen LogP contribution in [0.5, 0.6) is 0 Å². The van der Waals surface area contributed by atoms with E-state index in [0.29, 0.717) is 5.69 Å². The van der Waals surface area contributed by atoms with Crippen LogP contribution in [0.1, 0.15) is 33.3 Å². The lowest BCUT2D eigenvalue weighted by molar-refractivity contribution is 0.0912. The number of aromatic nitrogens is 1. The molecule has 0 radical (unpaired) electrons. The molecule has 5 heteroatoms. The van der Waals surface area contributed by atoms with Gasteiger partial charge in [0.25, 0.3) is 5.91 Å². The standard InChI is InChI=1S/C17H18N2O2S/c1-10-3-4-14-13(7-10)11(2)16(19-14)17(21)18-8-15(20)12-5-6-22-9-12/h3-7,9,15,19-20H,8H2,1-2H3,(H,18,21). The molecule has 1 atom stereocenters. The molecule has 2 aromatic heterocycles. The molecule has 0 aliphatic heterocycles. The first-order valence-corrected chi connectivity index (χ1v) is 8.08. The van der Waals surface area contributed by atoms with Gasteiger partial charge in [0.2, 0.25) is 0 Å². The van der Waals surface area contributed by atoms with Crippen molar-refractivity contribution < 1.29 is 9.90 Å². The number of carbonyl (C=O) groups is 1. The smallest absolute Gasteiger partial charge is 0.268 e. The number of hydrogen-bond acceptors (Lipinski definition) is 3. The largest absolute Gasteiger partial charge is 0.387 e. The zero-order valence-corrected chi connectivity index (χ0v) is 13.3. The minimum Gasteiger partial charge on any atom is -0.387 e. The van der Waals surface area contributed by atoms with E-state index in [1.807, 2.05) is 42.8 Å². The minimum atomic E-state index is -0.679. The highest BCUT2D eigenvalue weighted by Gasteiger charge is 2.16. The number of aliphatic hydroxyl groups is 1. The summed E-state index contributed by atoms with van der Waals surface area (Å²) in [5.41, 5.74) is 4.43. The van der Waals surface area contributed by atoms with Crippen molar-refractivity contribution in [3.8, 4) is 0 Å². The number of nitrogens with one attached hydrogen (secondary N) is 2. The molecule has 3 aromatic rings. The van der Waals surface area contributed by atoms with E-state index >= 15 is 0 Å². The predicted octanol–water partition coefficient (Wildman–Crippen LogP) is 3.31. The van der Waals surface area contributed by atoms with Crippen LogP contribution in [0.3, 0.4) is 0 Å². The van der Waals surface area contributed by atoms with Crippen molar-refractivity contribution in [1.29, 1.82) is 0 Å². The first-order chi connectivity index (χ1) is 10.6. The first-order valence-electron chi connectivity index (χ1n) is 7.13. The van der Waals surface area contributed by atoms with Crippen LogP contribution in [0.25, 0.3) is 10.9 Å². The number of amides is 1. The lowest BCUT2D eigenvalue weighted by atomic mass is 10.1. The van der Waals surface area contributed by atoms with Crippen molar-refractivity contribution in [3.63, 3.8) is 0 Å². The van der Waals surface area contributed by atoms with Crippen LogP contribution < -0.4 is 5.32 Å². The van der Waals surface area contributed by atoms with Crippen LogP contribution in [0, 0.1) is 13.8 Å². The van der Waals surface area contributed by atoms with Gasteiger partial charge in [-0.1, -0.05) is 11.6 Å². The highest BCUT2D eigenvalue weighted by atomic mass is 32.1. The summed E-state index contributed by atoms with van der Waals surface area (Å²) < 4.78 is 0. The van der Waals surface area contributed by atoms with Crippen LogP contribution in [0.15, 0.2) is 35.0 Å². The van der Waals surface area contributed by atoms with Crippen molar-refractivity contribution in [2.75, 3.05) is 6.54 Å². The number of benzene rings is 1. The maximum absolute atomic E-state index is 12.3. The second-order valence-electron chi connectivity index (χ2n) is 5.46. The molecule has 0 saturated carbocycles. The molecule has 0 bridgehead atoms. The molecule has 4 nitrogen and oxygen atoms in total. The van der Waals surface area contributed by atoms with Crippen LogP contribution in [-0.2, 0) is 0 Å². The summed E-state index contributed by atoms with van der Waals surface area (Å²) in [4.78, 5) is 15.5. The Kier molecular flexibility index (Phi) is 4.00. The van der Waals surface area contributed by atoms with Gasteiger partial charge in [-0.15, -0.1) is 0 Å². The second-order valence-corrected chi connectivity index (χ2v) is 6.24. The van der Waals surface area contributed by atoms with Gasteiger partial charge in [0.15, 0.2) is 0 Å². The van der Waals surface area contributed by atoms with E-state index in [-0.39, 0.29) is 12.5 Å². The monoisotopic (exact) mass is 314 g/mol. The van der Waals surface area contributed by atoms with Gasteiger partial charge in [0, 0.05) is 17.4 Å². The van der Waals surface area contributed by atoms with Gasteiger partial charge in [-0.3, -0.25) is 4.79 Å². The fourth-order valence-electron chi connectivity index (χ4n) is 2.53. The highest BCUT2D eigenvalue weighted by Crippen LogP contribution is 2.23. The topological polar surface area (TPSA) is 65.1 Å². The quantitative estimate of drug-likeness (QED) is 0.692. The van der Waals surface area contributed by atoms with E-state index in [0.717, 1.165) is 27.6 Å². The molecule has 3 rings (SSSR count). The Labute approximate surface area is 132 Å². The van der Waals surface area contributed by atoms with Gasteiger partial charge in [-0.25, -0.2) is 0 Å². The van der Waals surface area contributed by atoms with Gasteiger partial charge >= 0.3 is 0 Å². The number of aryl methyl sites for hydroxylation is 2. The average Bonchev–Trinajstić information content (AvgIpc) is 3.14. The molecular weight excluding hydrogens is 296 g/mol. The summed E-state index contributed by atoms with van der Waals surface area (Å²) in [7, 11) is 0. The zero-order chi connectivity index (χ0) is 15.7. The number of carbonyl (C=O) groups excluding carboxylic acids is 1. The fraction of sp³-hybridized carbons (Fsp3) is 0.235. The SMILES string of the molecule is Cc1ccc2[nH]c(C(=O)NCC(O)c3ccsc3)c(C)c2c1. The van der Waals surface area contributed by atoms with Gasteiger partial charge < -0.3 is 15.4 Å². The average molecular weight is 314 g/mol. The van der Waals surface area contributed by atoms with Gasteiger partial charge in [-0.05, 0) is 53.9 Å². The summed E-state index contributed by atoms with van der Waals surface area (Å²) in [5, 5.41) is 17.7. The molecular formula is C17H18N2O2S. The molecule has 2 heterocycles. The van der Waals surface area contributed by atoms with Crippen LogP contribution in [0.2, 0.25) is 0 Å². The lowest BCUT2D eigenvalue weighted by Crippen LogP contribution is -2.29. The highest BCUT2D eigenvalue weighted by molar-refractivity contribution is 7.07. The summed E-state index contributed by atoms with van der Waals surface area (Å²) in [6.45, 7) is 4.16. The van der Waals surface area contributed by atoms with Crippen molar-refractivity contribution >= 4 is 28.1 Å². The summed E-state index contributed by atoms with van der Waals surface area (Å²) >= 11 is 1.53. The van der Waals surface area contributed by atoms with Crippen molar-refractivity contribution in [3.05, 3.63) is 57.4 Å². The lowest BCUT2D eigenvalue weighted by Gasteiger charge is -2.10. The number of fused-ring (bicyclic) bond motifs is 1. The minimum absolute atomic E-state index is 0.194. The van der Waals surface area contributed by atoms with Crippen LogP contribution in [-0.4, -0.2) is 22.5 Å². The summed E-state index contributed by atoms with van der Waals surface area (Å²) in [6, 6.07) is 7.92. The molecule has 1 unspecified atom stereocenters. The second kappa shape index (κ2) is 5.94. The Morgan fingerprint density at radius 3 is 2.91 bits per heavy atom. The van der Waals surface area contributed by atoms with Crippen molar-refractivity contribution in [2.24, 2.45) is 0 Å². The Balaban J connectivity index is 1.76. The number of rotatable bonds is 4. The molecule has 1 amide bonds. The van der Waals surface area contributed by atoms with Gasteiger partial charge in [-0.2, -0.15) is 11.3 Å². The third kappa shape index (κ3) is 2.77. The van der Waals surface area contributed by atoms with Crippen molar-refractivity contribution in [2.45, 2.75) is 20.0 Å².